The molecule has 3 N–H and O–H groups in total. The molecular formula is C4H6N2S. The minimum atomic E-state index is 0.777. The van der Waals surface area contributed by atoms with Crippen molar-refractivity contribution in [1.29, 1.82) is 0 Å². The number of allylic oxidation sites excluding steroid dienone is 1. The molecule has 0 aromatic rings. The molecule has 3 heteroatoms. The minimum Gasteiger partial charge on any atom is -0.398 e. The maximum Gasteiger partial charge on any atom is 0.0488 e. The van der Waals surface area contributed by atoms with Gasteiger partial charge in [0.15, 0.2) is 0 Å². The van der Waals surface area contributed by atoms with Crippen molar-refractivity contribution in [2.75, 3.05) is 0 Å². The summed E-state index contributed by atoms with van der Waals surface area (Å²) < 4.78 is 2.88. The quantitative estimate of drug-likeness (QED) is 0.452. The SMILES string of the molecule is NC1=CNSC=C1. The number of nitrogens with two attached hydrogens (primary N) is 1. The Labute approximate surface area is 46.6 Å². The molecule has 0 amide bonds. The molecule has 38 valence electrons. The molecule has 0 saturated carbocycles. The van der Waals surface area contributed by atoms with E-state index in [1.54, 1.807) is 6.20 Å². The van der Waals surface area contributed by atoms with Gasteiger partial charge in [-0.25, -0.2) is 0 Å². The summed E-state index contributed by atoms with van der Waals surface area (Å²) in [5, 5.41) is 1.90. The van der Waals surface area contributed by atoms with Gasteiger partial charge in [0.05, 0.1) is 0 Å². The topological polar surface area (TPSA) is 38.0 Å². The predicted molar refractivity (Wildman–Crippen MR) is 32.1 cm³/mol. The lowest BCUT2D eigenvalue weighted by Crippen LogP contribution is -2.02. The summed E-state index contributed by atoms with van der Waals surface area (Å²) >= 11 is 1.51. The van der Waals surface area contributed by atoms with Crippen LogP contribution in [0.4, 0.5) is 0 Å². The molecule has 1 rings (SSSR count). The fraction of sp³-hybridized carbons (Fsp3) is 0. The molecule has 0 fully saturated rings. The lowest BCUT2D eigenvalue weighted by Gasteiger charge is -1.99. The van der Waals surface area contributed by atoms with Crippen LogP contribution < -0.4 is 10.5 Å². The normalized spacial score (nSPS) is 18.0. The van der Waals surface area contributed by atoms with Crippen molar-refractivity contribution in [3.63, 3.8) is 0 Å². The average Bonchev–Trinajstić information content (AvgIpc) is 1.69. The van der Waals surface area contributed by atoms with E-state index >= 15 is 0 Å². The van der Waals surface area contributed by atoms with Crippen molar-refractivity contribution in [1.82, 2.24) is 4.72 Å². The van der Waals surface area contributed by atoms with Gasteiger partial charge in [0.2, 0.25) is 0 Å². The Balaban J connectivity index is 2.58. The van der Waals surface area contributed by atoms with Gasteiger partial charge < -0.3 is 10.5 Å². The van der Waals surface area contributed by atoms with Crippen LogP contribution in [-0.2, 0) is 0 Å². The van der Waals surface area contributed by atoms with E-state index in [9.17, 15) is 0 Å². The lowest BCUT2D eigenvalue weighted by atomic mass is 10.5. The molecule has 7 heavy (non-hydrogen) atoms. The Kier molecular flexibility index (Phi) is 1.26. The van der Waals surface area contributed by atoms with Gasteiger partial charge in [-0.15, -0.1) is 0 Å². The Bertz CT molecular complexity index is 117. The van der Waals surface area contributed by atoms with Gasteiger partial charge in [-0.05, 0) is 23.4 Å². The first-order valence-corrected chi connectivity index (χ1v) is 2.81. The highest BCUT2D eigenvalue weighted by Crippen LogP contribution is 2.02. The van der Waals surface area contributed by atoms with Crippen LogP contribution in [0.3, 0.4) is 0 Å². The summed E-state index contributed by atoms with van der Waals surface area (Å²) in [5.74, 6) is 0. The number of nitrogens with one attached hydrogen (secondary N) is 1. The first-order chi connectivity index (χ1) is 3.39. The molecule has 0 atom stereocenters. The fourth-order valence-electron chi connectivity index (χ4n) is 0.302. The van der Waals surface area contributed by atoms with Gasteiger partial charge in [-0.3, -0.25) is 0 Å². The van der Waals surface area contributed by atoms with E-state index in [4.69, 9.17) is 5.73 Å². The van der Waals surface area contributed by atoms with Crippen LogP contribution in [0.2, 0.25) is 0 Å². The third-order valence-electron chi connectivity index (χ3n) is 0.622. The van der Waals surface area contributed by atoms with Crippen LogP contribution in [-0.4, -0.2) is 0 Å². The molecule has 0 bridgehead atoms. The molecule has 0 aromatic carbocycles. The summed E-state index contributed by atoms with van der Waals surface area (Å²) in [4.78, 5) is 0. The number of hydrogen-bond donors (Lipinski definition) is 2. The number of rotatable bonds is 0. The van der Waals surface area contributed by atoms with Gasteiger partial charge in [0.25, 0.3) is 0 Å². The zero-order valence-corrected chi connectivity index (χ0v) is 4.53. The van der Waals surface area contributed by atoms with Crippen molar-refractivity contribution < 1.29 is 0 Å². The zero-order chi connectivity index (χ0) is 5.11. The summed E-state index contributed by atoms with van der Waals surface area (Å²) in [6, 6.07) is 0. The number of hydrogen-bond acceptors (Lipinski definition) is 3. The van der Waals surface area contributed by atoms with Gasteiger partial charge in [-0.1, -0.05) is 0 Å². The standard InChI is InChI=1S/C4H6N2S/c5-4-1-2-7-6-3-4/h1-3,6H,5H2. The van der Waals surface area contributed by atoms with Crippen LogP contribution in [0.5, 0.6) is 0 Å². The van der Waals surface area contributed by atoms with Crippen molar-refractivity contribution >= 4 is 11.9 Å². The summed E-state index contributed by atoms with van der Waals surface area (Å²) in [7, 11) is 0. The van der Waals surface area contributed by atoms with E-state index in [1.165, 1.54) is 11.9 Å². The van der Waals surface area contributed by atoms with Crippen LogP contribution >= 0.6 is 11.9 Å². The maximum atomic E-state index is 5.33. The van der Waals surface area contributed by atoms with Crippen LogP contribution in [0, 0.1) is 0 Å². The Hall–Kier alpha value is -0.570. The predicted octanol–water partition coefficient (Wildman–Crippen LogP) is 0.552. The fourth-order valence-corrected chi connectivity index (χ4v) is 0.810. The van der Waals surface area contributed by atoms with Crippen molar-refractivity contribution in [3.8, 4) is 0 Å². The van der Waals surface area contributed by atoms with E-state index in [2.05, 4.69) is 4.72 Å². The van der Waals surface area contributed by atoms with E-state index in [0.29, 0.717) is 0 Å². The van der Waals surface area contributed by atoms with Crippen molar-refractivity contribution in [2.45, 2.75) is 0 Å². The molecule has 0 aliphatic carbocycles. The smallest absolute Gasteiger partial charge is 0.0488 e. The van der Waals surface area contributed by atoms with Crippen LogP contribution in [0.1, 0.15) is 0 Å². The van der Waals surface area contributed by atoms with Crippen LogP contribution in [0.25, 0.3) is 0 Å². The third-order valence-corrected chi connectivity index (χ3v) is 1.15. The van der Waals surface area contributed by atoms with Crippen LogP contribution in [0.15, 0.2) is 23.4 Å². The molecule has 0 aromatic heterocycles. The van der Waals surface area contributed by atoms with Crippen molar-refractivity contribution in [3.05, 3.63) is 23.4 Å². The van der Waals surface area contributed by atoms with E-state index in [1.807, 2.05) is 11.5 Å². The molecule has 1 aliphatic rings. The molecule has 0 unspecified atom stereocenters. The zero-order valence-electron chi connectivity index (χ0n) is 3.72. The van der Waals surface area contributed by atoms with Gasteiger partial charge in [0.1, 0.15) is 0 Å². The van der Waals surface area contributed by atoms with Gasteiger partial charge in [-0.2, -0.15) is 0 Å². The first-order valence-electron chi connectivity index (χ1n) is 1.93. The average molecular weight is 114 g/mol. The summed E-state index contributed by atoms with van der Waals surface area (Å²) in [6.45, 7) is 0. The molecule has 2 nitrogen and oxygen atoms in total. The molecular weight excluding hydrogens is 108 g/mol. The second kappa shape index (κ2) is 1.93. The van der Waals surface area contributed by atoms with Crippen molar-refractivity contribution in [2.24, 2.45) is 5.73 Å². The van der Waals surface area contributed by atoms with Gasteiger partial charge >= 0.3 is 0 Å². The van der Waals surface area contributed by atoms with E-state index in [0.717, 1.165) is 5.70 Å². The maximum absolute atomic E-state index is 5.33. The molecule has 0 saturated heterocycles. The second-order valence-electron chi connectivity index (χ2n) is 1.18. The van der Waals surface area contributed by atoms with E-state index in [-0.39, 0.29) is 0 Å². The second-order valence-corrected chi connectivity index (χ2v) is 1.93. The third kappa shape index (κ3) is 1.16. The Morgan fingerprint density at radius 1 is 1.71 bits per heavy atom. The van der Waals surface area contributed by atoms with Gasteiger partial charge in [0, 0.05) is 11.9 Å². The Morgan fingerprint density at radius 2 is 2.57 bits per heavy atom. The Morgan fingerprint density at radius 3 is 2.86 bits per heavy atom. The molecule has 0 radical (unpaired) electrons. The lowest BCUT2D eigenvalue weighted by molar-refractivity contribution is 1.29. The molecule has 1 heterocycles. The largest absolute Gasteiger partial charge is 0.398 e. The highest BCUT2D eigenvalue weighted by atomic mass is 32.2. The first kappa shape index (κ1) is 4.59. The minimum absolute atomic E-state index is 0.777. The monoisotopic (exact) mass is 114 g/mol. The van der Waals surface area contributed by atoms with E-state index < -0.39 is 0 Å². The highest BCUT2D eigenvalue weighted by Gasteiger charge is 1.85. The summed E-state index contributed by atoms with van der Waals surface area (Å²) in [5.41, 5.74) is 6.11. The summed E-state index contributed by atoms with van der Waals surface area (Å²) in [6.07, 6.45) is 3.60. The molecule has 0 spiro atoms. The molecule has 1 aliphatic heterocycles. The highest BCUT2D eigenvalue weighted by molar-refractivity contribution is 8.00.